The number of hydrogen-bond donors (Lipinski definition) is 0. The lowest BCUT2D eigenvalue weighted by Crippen LogP contribution is -2.47. The Bertz CT molecular complexity index is 510. The zero-order valence-electron chi connectivity index (χ0n) is 14.7. The number of benzene rings is 1. The third-order valence-corrected chi connectivity index (χ3v) is 10.8. The highest BCUT2D eigenvalue weighted by atomic mass is 79.9. The summed E-state index contributed by atoms with van der Waals surface area (Å²) in [5.74, 6) is 0.780. The normalized spacial score (nSPS) is 12.6. The van der Waals surface area contributed by atoms with E-state index in [0.717, 1.165) is 15.8 Å². The summed E-state index contributed by atoms with van der Waals surface area (Å²) in [6, 6.07) is 8.22. The van der Waals surface area contributed by atoms with E-state index in [2.05, 4.69) is 82.3 Å². The molecule has 0 radical (unpaired) electrons. The first-order chi connectivity index (χ1) is 10.2. The Morgan fingerprint density at radius 2 is 1.64 bits per heavy atom. The van der Waals surface area contributed by atoms with E-state index in [4.69, 9.17) is 4.43 Å². The van der Waals surface area contributed by atoms with Crippen molar-refractivity contribution in [2.45, 2.75) is 58.2 Å². The number of hydrogen-bond acceptors (Lipinski definition) is 1. The average Bonchev–Trinajstić information content (AvgIpc) is 2.41. The Labute approximate surface area is 145 Å². The zero-order valence-corrected chi connectivity index (χ0v) is 17.3. The molecule has 0 bridgehead atoms. The third kappa shape index (κ3) is 4.59. The fourth-order valence-electron chi connectivity index (χ4n) is 3.41. The molecule has 0 saturated heterocycles. The van der Waals surface area contributed by atoms with Gasteiger partial charge in [-0.1, -0.05) is 82.3 Å². The van der Waals surface area contributed by atoms with Crippen LogP contribution in [-0.2, 0) is 4.43 Å². The maximum Gasteiger partial charge on any atom is 0.258 e. The van der Waals surface area contributed by atoms with Gasteiger partial charge in [0.2, 0.25) is 0 Å². The summed E-state index contributed by atoms with van der Waals surface area (Å²) in [6.07, 6.45) is 4.06. The van der Waals surface area contributed by atoms with E-state index in [1.54, 1.807) is 0 Å². The number of allylic oxidation sites excluding steroid dienone is 1. The first kappa shape index (κ1) is 19.2. The van der Waals surface area contributed by atoms with Gasteiger partial charge in [-0.15, -0.1) is 0 Å². The lowest BCUT2D eigenvalue weighted by molar-refractivity contribution is 0.389. The molecule has 0 aliphatic rings. The van der Waals surface area contributed by atoms with Gasteiger partial charge in [-0.2, -0.15) is 0 Å². The molecule has 0 aliphatic carbocycles. The summed E-state index contributed by atoms with van der Waals surface area (Å²) in [5, 5.41) is 0. The van der Waals surface area contributed by atoms with Crippen molar-refractivity contribution < 1.29 is 4.43 Å². The molecule has 0 aliphatic heterocycles. The SMILES string of the molecule is C=C(/C=C/c1cccc(Br)c1)O[Si](C(C)C)(C(C)C)C(C)C. The minimum atomic E-state index is -1.90. The quantitative estimate of drug-likeness (QED) is 0.276. The maximum atomic E-state index is 6.52. The second kappa shape index (κ2) is 8.16. The average molecular weight is 381 g/mol. The van der Waals surface area contributed by atoms with Crippen molar-refractivity contribution in [3.63, 3.8) is 0 Å². The van der Waals surface area contributed by atoms with E-state index < -0.39 is 8.32 Å². The highest BCUT2D eigenvalue weighted by Crippen LogP contribution is 2.43. The number of halogens is 1. The van der Waals surface area contributed by atoms with Crippen molar-refractivity contribution in [1.82, 2.24) is 0 Å². The van der Waals surface area contributed by atoms with Crippen LogP contribution in [0.2, 0.25) is 16.6 Å². The molecule has 1 rings (SSSR count). The van der Waals surface area contributed by atoms with E-state index in [1.807, 2.05) is 18.2 Å². The summed E-state index contributed by atoms with van der Waals surface area (Å²) >= 11 is 3.49. The molecule has 1 nitrogen and oxygen atoms in total. The fourth-order valence-corrected chi connectivity index (χ4v) is 9.06. The van der Waals surface area contributed by atoms with E-state index in [0.29, 0.717) is 16.6 Å². The van der Waals surface area contributed by atoms with Crippen LogP contribution in [0.5, 0.6) is 0 Å². The smallest absolute Gasteiger partial charge is 0.258 e. The van der Waals surface area contributed by atoms with Gasteiger partial charge in [-0.05, 0) is 40.4 Å². The first-order valence-corrected chi connectivity index (χ1v) is 10.9. The lowest BCUT2D eigenvalue weighted by atomic mass is 10.2. The van der Waals surface area contributed by atoms with Crippen LogP contribution in [0.25, 0.3) is 6.08 Å². The third-order valence-electron chi connectivity index (χ3n) is 4.33. The standard InChI is InChI=1S/C19H29BrOSi/c1-14(2)22(15(3)4,16(5)6)21-17(7)11-12-18-9-8-10-19(20)13-18/h8-16H,7H2,1-6H3/b12-11+. The predicted octanol–water partition coefficient (Wildman–Crippen LogP) is 7.17. The summed E-state index contributed by atoms with van der Waals surface area (Å²) in [5.41, 5.74) is 2.82. The topological polar surface area (TPSA) is 9.23 Å². The molecule has 22 heavy (non-hydrogen) atoms. The molecule has 0 unspecified atom stereocenters. The van der Waals surface area contributed by atoms with Crippen LogP contribution < -0.4 is 0 Å². The van der Waals surface area contributed by atoms with E-state index in [-0.39, 0.29) is 0 Å². The van der Waals surface area contributed by atoms with Crippen LogP contribution in [0.1, 0.15) is 47.1 Å². The number of rotatable bonds is 7. The van der Waals surface area contributed by atoms with Crippen molar-refractivity contribution >= 4 is 30.3 Å². The zero-order chi connectivity index (χ0) is 16.9. The second-order valence-corrected chi connectivity index (χ2v) is 13.1. The van der Waals surface area contributed by atoms with Gasteiger partial charge in [-0.3, -0.25) is 0 Å². The Kier molecular flexibility index (Phi) is 7.14. The molecule has 3 heteroatoms. The molecule has 0 spiro atoms. The van der Waals surface area contributed by atoms with Gasteiger partial charge in [0.1, 0.15) is 0 Å². The van der Waals surface area contributed by atoms with Gasteiger partial charge >= 0.3 is 0 Å². The summed E-state index contributed by atoms with van der Waals surface area (Å²) in [6.45, 7) is 17.9. The molecule has 1 aromatic carbocycles. The van der Waals surface area contributed by atoms with Gasteiger partial charge in [0, 0.05) is 4.47 Å². The Morgan fingerprint density at radius 3 is 2.09 bits per heavy atom. The summed E-state index contributed by atoms with van der Waals surface area (Å²) < 4.78 is 7.60. The molecule has 0 fully saturated rings. The predicted molar refractivity (Wildman–Crippen MR) is 104 cm³/mol. The molecule has 0 aromatic heterocycles. The fraction of sp³-hybridized carbons (Fsp3) is 0.474. The highest BCUT2D eigenvalue weighted by molar-refractivity contribution is 9.10. The minimum absolute atomic E-state index is 0.559. The summed E-state index contributed by atoms with van der Waals surface area (Å²) in [7, 11) is -1.90. The van der Waals surface area contributed by atoms with Crippen LogP contribution in [-0.4, -0.2) is 8.32 Å². The maximum absolute atomic E-state index is 6.52. The van der Waals surface area contributed by atoms with Gasteiger partial charge in [0.05, 0.1) is 5.76 Å². The molecular formula is C19H29BrOSi. The molecule has 122 valence electrons. The van der Waals surface area contributed by atoms with Gasteiger partial charge < -0.3 is 4.43 Å². The van der Waals surface area contributed by atoms with Crippen molar-refractivity contribution in [3.05, 3.63) is 52.7 Å². The van der Waals surface area contributed by atoms with Crippen LogP contribution in [0, 0.1) is 0 Å². The molecule has 0 N–H and O–H groups in total. The van der Waals surface area contributed by atoms with Crippen molar-refractivity contribution in [1.29, 1.82) is 0 Å². The van der Waals surface area contributed by atoms with Crippen molar-refractivity contribution in [2.24, 2.45) is 0 Å². The van der Waals surface area contributed by atoms with Gasteiger partial charge in [-0.25, -0.2) is 0 Å². The van der Waals surface area contributed by atoms with E-state index >= 15 is 0 Å². The minimum Gasteiger partial charge on any atom is -0.543 e. The largest absolute Gasteiger partial charge is 0.543 e. The van der Waals surface area contributed by atoms with Gasteiger partial charge in [0.15, 0.2) is 0 Å². The molecular weight excluding hydrogens is 352 g/mol. The van der Waals surface area contributed by atoms with Crippen molar-refractivity contribution in [3.8, 4) is 0 Å². The molecule has 1 aromatic rings. The molecule has 0 saturated carbocycles. The van der Waals surface area contributed by atoms with Crippen molar-refractivity contribution in [2.75, 3.05) is 0 Å². The monoisotopic (exact) mass is 380 g/mol. The van der Waals surface area contributed by atoms with E-state index in [9.17, 15) is 0 Å². The highest BCUT2D eigenvalue weighted by Gasteiger charge is 2.46. The summed E-state index contributed by atoms with van der Waals surface area (Å²) in [4.78, 5) is 0. The van der Waals surface area contributed by atoms with Crippen LogP contribution in [0.3, 0.4) is 0 Å². The van der Waals surface area contributed by atoms with Crippen LogP contribution in [0.4, 0.5) is 0 Å². The molecule has 0 heterocycles. The Morgan fingerprint density at radius 1 is 1.09 bits per heavy atom. The Balaban J connectivity index is 2.93. The molecule has 0 atom stereocenters. The molecule has 0 amide bonds. The van der Waals surface area contributed by atoms with E-state index in [1.165, 1.54) is 0 Å². The Hall–Kier alpha value is -0.803. The van der Waals surface area contributed by atoms with Gasteiger partial charge in [0.25, 0.3) is 8.32 Å². The first-order valence-electron chi connectivity index (χ1n) is 8.01. The second-order valence-electron chi connectivity index (χ2n) is 6.77. The van der Waals surface area contributed by atoms with Crippen LogP contribution >= 0.6 is 15.9 Å². The van der Waals surface area contributed by atoms with Crippen LogP contribution in [0.15, 0.2) is 47.2 Å². The lowest BCUT2D eigenvalue weighted by Gasteiger charge is -2.42.